The zero-order chi connectivity index (χ0) is 12.4. The summed E-state index contributed by atoms with van der Waals surface area (Å²) in [5.41, 5.74) is 1.35. The topological polar surface area (TPSA) is 41.1 Å². The minimum Gasteiger partial charge on any atom is -0.351 e. The largest absolute Gasteiger partial charge is 0.351 e. The molecule has 1 amide bonds. The van der Waals surface area contributed by atoms with Gasteiger partial charge in [0.15, 0.2) is 0 Å². The maximum atomic E-state index is 12.1. The molecule has 3 rings (SSSR count). The molecule has 18 heavy (non-hydrogen) atoms. The summed E-state index contributed by atoms with van der Waals surface area (Å²) in [6.45, 7) is 0.977. The van der Waals surface area contributed by atoms with Gasteiger partial charge < -0.3 is 10.6 Å². The molecule has 0 spiro atoms. The number of amides is 1. The predicted molar refractivity (Wildman–Crippen MR) is 71.4 cm³/mol. The van der Waals surface area contributed by atoms with Crippen molar-refractivity contribution in [3.05, 3.63) is 35.9 Å². The average molecular weight is 244 g/mol. The highest BCUT2D eigenvalue weighted by Crippen LogP contribution is 2.40. The van der Waals surface area contributed by atoms with Crippen molar-refractivity contribution >= 4 is 5.91 Å². The molecule has 2 unspecified atom stereocenters. The van der Waals surface area contributed by atoms with E-state index in [1.807, 2.05) is 6.07 Å². The van der Waals surface area contributed by atoms with Crippen LogP contribution in [0.3, 0.4) is 0 Å². The third kappa shape index (κ3) is 2.56. The Balaban J connectivity index is 1.51. The standard InChI is InChI=1S/C15H20N2O/c18-15(13-8-4-5-9-16-13)17-14-10-12(14)11-6-2-1-3-7-11/h1-3,6-7,12-14,16H,4-5,8-10H2,(H,17,18)/t12?,13-,14?/m1/s1. The number of hydrogen-bond acceptors (Lipinski definition) is 2. The van der Waals surface area contributed by atoms with Crippen LogP contribution in [0.2, 0.25) is 0 Å². The highest BCUT2D eigenvalue weighted by molar-refractivity contribution is 5.82. The van der Waals surface area contributed by atoms with Gasteiger partial charge in [-0.3, -0.25) is 4.79 Å². The van der Waals surface area contributed by atoms with E-state index in [0.29, 0.717) is 12.0 Å². The van der Waals surface area contributed by atoms with Crippen LogP contribution >= 0.6 is 0 Å². The van der Waals surface area contributed by atoms with E-state index in [1.54, 1.807) is 0 Å². The molecule has 3 nitrogen and oxygen atoms in total. The van der Waals surface area contributed by atoms with Crippen LogP contribution in [0.1, 0.15) is 37.2 Å². The molecular weight excluding hydrogens is 224 g/mol. The van der Waals surface area contributed by atoms with Crippen LogP contribution in [0.4, 0.5) is 0 Å². The zero-order valence-corrected chi connectivity index (χ0v) is 10.6. The van der Waals surface area contributed by atoms with E-state index in [4.69, 9.17) is 0 Å². The second-order valence-electron chi connectivity index (χ2n) is 5.37. The van der Waals surface area contributed by atoms with E-state index in [2.05, 4.69) is 34.9 Å². The lowest BCUT2D eigenvalue weighted by atomic mass is 10.0. The van der Waals surface area contributed by atoms with Gasteiger partial charge in [0.05, 0.1) is 6.04 Å². The molecule has 0 radical (unpaired) electrons. The van der Waals surface area contributed by atoms with Crippen molar-refractivity contribution in [2.75, 3.05) is 6.54 Å². The predicted octanol–water partition coefficient (Wildman–Crippen LogP) is 1.80. The SMILES string of the molecule is O=C(NC1CC1c1ccccc1)[C@H]1CCCCN1. The van der Waals surface area contributed by atoms with Crippen molar-refractivity contribution in [1.82, 2.24) is 10.6 Å². The minimum absolute atomic E-state index is 0.0378. The van der Waals surface area contributed by atoms with Crippen LogP contribution in [0.25, 0.3) is 0 Å². The van der Waals surface area contributed by atoms with Crippen LogP contribution in [0.5, 0.6) is 0 Å². The lowest BCUT2D eigenvalue weighted by molar-refractivity contribution is -0.123. The smallest absolute Gasteiger partial charge is 0.237 e. The van der Waals surface area contributed by atoms with E-state index < -0.39 is 0 Å². The fraction of sp³-hybridized carbons (Fsp3) is 0.533. The Bertz CT molecular complexity index is 412. The molecule has 96 valence electrons. The molecule has 1 aliphatic carbocycles. The number of hydrogen-bond donors (Lipinski definition) is 2. The van der Waals surface area contributed by atoms with Gasteiger partial charge in [-0.1, -0.05) is 36.8 Å². The second kappa shape index (κ2) is 5.11. The number of rotatable bonds is 3. The molecule has 2 fully saturated rings. The van der Waals surface area contributed by atoms with Crippen LogP contribution in [0, 0.1) is 0 Å². The molecule has 0 aromatic heterocycles. The summed E-state index contributed by atoms with van der Waals surface area (Å²) < 4.78 is 0. The normalized spacial score (nSPS) is 30.8. The molecule has 2 aliphatic rings. The van der Waals surface area contributed by atoms with Crippen molar-refractivity contribution in [3.63, 3.8) is 0 Å². The summed E-state index contributed by atoms with van der Waals surface area (Å²) in [5.74, 6) is 0.719. The third-order valence-corrected chi connectivity index (χ3v) is 3.97. The Labute approximate surface area is 108 Å². The van der Waals surface area contributed by atoms with Gasteiger partial charge in [0.1, 0.15) is 0 Å². The van der Waals surface area contributed by atoms with Gasteiger partial charge in [0.2, 0.25) is 5.91 Å². The summed E-state index contributed by atoms with van der Waals surface area (Å²) in [5, 5.41) is 6.47. The highest BCUT2D eigenvalue weighted by atomic mass is 16.2. The molecule has 3 atom stereocenters. The van der Waals surface area contributed by atoms with Gasteiger partial charge >= 0.3 is 0 Å². The molecule has 1 aromatic rings. The molecular formula is C15H20N2O. The number of carbonyl (C=O) groups excluding carboxylic acids is 1. The first kappa shape index (κ1) is 11.7. The van der Waals surface area contributed by atoms with Gasteiger partial charge in [-0.05, 0) is 31.4 Å². The Morgan fingerprint density at radius 1 is 1.22 bits per heavy atom. The van der Waals surface area contributed by atoms with Crippen LogP contribution in [0.15, 0.2) is 30.3 Å². The average Bonchev–Trinajstić information content (AvgIpc) is 3.20. The number of piperidine rings is 1. The van der Waals surface area contributed by atoms with Crippen molar-refractivity contribution < 1.29 is 4.79 Å². The first-order valence-electron chi connectivity index (χ1n) is 6.93. The monoisotopic (exact) mass is 244 g/mol. The van der Waals surface area contributed by atoms with Crippen LogP contribution < -0.4 is 10.6 Å². The minimum atomic E-state index is 0.0378. The maximum absolute atomic E-state index is 12.1. The van der Waals surface area contributed by atoms with Crippen molar-refractivity contribution in [2.24, 2.45) is 0 Å². The van der Waals surface area contributed by atoms with E-state index >= 15 is 0 Å². The van der Waals surface area contributed by atoms with Crippen LogP contribution in [-0.2, 0) is 4.79 Å². The van der Waals surface area contributed by atoms with Gasteiger partial charge in [-0.15, -0.1) is 0 Å². The van der Waals surface area contributed by atoms with E-state index in [9.17, 15) is 4.79 Å². The van der Waals surface area contributed by atoms with Gasteiger partial charge in [-0.25, -0.2) is 0 Å². The third-order valence-electron chi connectivity index (χ3n) is 3.97. The van der Waals surface area contributed by atoms with E-state index in [-0.39, 0.29) is 11.9 Å². The summed E-state index contributed by atoms with van der Waals surface area (Å²) in [4.78, 5) is 12.1. The zero-order valence-electron chi connectivity index (χ0n) is 10.6. The quantitative estimate of drug-likeness (QED) is 0.851. The second-order valence-corrected chi connectivity index (χ2v) is 5.37. The number of carbonyl (C=O) groups is 1. The lowest BCUT2D eigenvalue weighted by Crippen LogP contribution is -2.47. The van der Waals surface area contributed by atoms with E-state index in [0.717, 1.165) is 25.8 Å². The highest BCUT2D eigenvalue weighted by Gasteiger charge is 2.40. The van der Waals surface area contributed by atoms with Gasteiger partial charge in [0.25, 0.3) is 0 Å². The summed E-state index contributed by atoms with van der Waals surface area (Å²) in [6.07, 6.45) is 4.43. The first-order valence-corrected chi connectivity index (χ1v) is 6.93. The summed E-state index contributed by atoms with van der Waals surface area (Å²) in [6, 6.07) is 10.8. The summed E-state index contributed by atoms with van der Waals surface area (Å²) >= 11 is 0. The van der Waals surface area contributed by atoms with E-state index in [1.165, 1.54) is 12.0 Å². The Hall–Kier alpha value is -1.35. The first-order chi connectivity index (χ1) is 8.84. The number of nitrogens with one attached hydrogen (secondary N) is 2. The molecule has 1 saturated heterocycles. The van der Waals surface area contributed by atoms with Crippen molar-refractivity contribution in [3.8, 4) is 0 Å². The fourth-order valence-corrected chi connectivity index (χ4v) is 2.78. The van der Waals surface area contributed by atoms with Gasteiger partial charge in [-0.2, -0.15) is 0 Å². The molecule has 1 heterocycles. The van der Waals surface area contributed by atoms with Crippen LogP contribution in [-0.4, -0.2) is 24.5 Å². The Kier molecular flexibility index (Phi) is 3.33. The lowest BCUT2D eigenvalue weighted by Gasteiger charge is -2.22. The maximum Gasteiger partial charge on any atom is 0.237 e. The van der Waals surface area contributed by atoms with Crippen molar-refractivity contribution in [1.29, 1.82) is 0 Å². The molecule has 1 aromatic carbocycles. The molecule has 0 bridgehead atoms. The Morgan fingerprint density at radius 2 is 2.06 bits per heavy atom. The molecule has 3 heteroatoms. The number of benzene rings is 1. The van der Waals surface area contributed by atoms with Gasteiger partial charge in [0, 0.05) is 12.0 Å². The Morgan fingerprint density at radius 3 is 2.78 bits per heavy atom. The van der Waals surface area contributed by atoms with Crippen molar-refractivity contribution in [2.45, 2.75) is 43.7 Å². The molecule has 1 aliphatic heterocycles. The molecule has 1 saturated carbocycles. The summed E-state index contributed by atoms with van der Waals surface area (Å²) in [7, 11) is 0. The fourth-order valence-electron chi connectivity index (χ4n) is 2.78. The molecule has 2 N–H and O–H groups in total.